The molecule has 0 aromatic rings. The van der Waals surface area contributed by atoms with Crippen LogP contribution in [0.4, 0.5) is 0 Å². The molecule has 0 bridgehead atoms. The summed E-state index contributed by atoms with van der Waals surface area (Å²) in [6.45, 7) is 4.65. The van der Waals surface area contributed by atoms with Crippen molar-refractivity contribution in [1.82, 2.24) is 0 Å². The molecule has 21 heavy (non-hydrogen) atoms. The van der Waals surface area contributed by atoms with E-state index in [9.17, 15) is 10.2 Å². The van der Waals surface area contributed by atoms with Gasteiger partial charge in [0.2, 0.25) is 0 Å². The first-order valence-corrected chi connectivity index (χ1v) is 9.32. The second kappa shape index (κ2) is 4.47. The summed E-state index contributed by atoms with van der Waals surface area (Å²) in [4.78, 5) is 0. The lowest BCUT2D eigenvalue weighted by molar-refractivity contribution is -0.235. The summed E-state index contributed by atoms with van der Waals surface area (Å²) in [5.74, 6) is 1.82. The highest BCUT2D eigenvalue weighted by Crippen LogP contribution is 2.67. The Labute approximate surface area is 129 Å². The summed E-state index contributed by atoms with van der Waals surface area (Å²) in [7, 11) is 0. The molecule has 4 fully saturated rings. The Hall–Kier alpha value is -0.0800. The van der Waals surface area contributed by atoms with Gasteiger partial charge in [0.05, 0.1) is 11.7 Å². The van der Waals surface area contributed by atoms with E-state index in [1.165, 1.54) is 38.5 Å². The zero-order chi connectivity index (χ0) is 14.9. The van der Waals surface area contributed by atoms with Gasteiger partial charge in [-0.3, -0.25) is 0 Å². The van der Waals surface area contributed by atoms with Crippen LogP contribution in [-0.4, -0.2) is 21.9 Å². The van der Waals surface area contributed by atoms with Gasteiger partial charge in [-0.25, -0.2) is 0 Å². The van der Waals surface area contributed by atoms with Crippen molar-refractivity contribution in [2.24, 2.45) is 28.6 Å². The highest BCUT2D eigenvalue weighted by molar-refractivity contribution is 5.17. The van der Waals surface area contributed by atoms with Gasteiger partial charge in [0, 0.05) is 5.41 Å². The minimum atomic E-state index is -0.596. The van der Waals surface area contributed by atoms with E-state index in [1.807, 2.05) is 0 Å². The smallest absolute Gasteiger partial charge is 0.0756 e. The van der Waals surface area contributed by atoms with Gasteiger partial charge >= 0.3 is 0 Å². The summed E-state index contributed by atoms with van der Waals surface area (Å²) in [5, 5.41) is 22.5. The van der Waals surface area contributed by atoms with Crippen molar-refractivity contribution in [1.29, 1.82) is 0 Å². The Morgan fingerprint density at radius 2 is 1.67 bits per heavy atom. The predicted octanol–water partition coefficient (Wildman–Crippen LogP) is 3.90. The molecule has 0 spiro atoms. The van der Waals surface area contributed by atoms with Crippen LogP contribution in [0.3, 0.4) is 0 Å². The van der Waals surface area contributed by atoms with Crippen LogP contribution in [-0.2, 0) is 0 Å². The fourth-order valence-corrected chi connectivity index (χ4v) is 7.23. The first-order valence-electron chi connectivity index (χ1n) is 9.32. The van der Waals surface area contributed by atoms with E-state index in [4.69, 9.17) is 0 Å². The molecule has 2 N–H and O–H groups in total. The summed E-state index contributed by atoms with van der Waals surface area (Å²) in [5.41, 5.74) is -0.464. The molecule has 120 valence electrons. The Bertz CT molecular complexity index is 435. The van der Waals surface area contributed by atoms with E-state index in [1.54, 1.807) is 0 Å². The Morgan fingerprint density at radius 1 is 0.857 bits per heavy atom. The molecule has 0 aromatic heterocycles. The van der Waals surface area contributed by atoms with E-state index in [0.717, 1.165) is 31.6 Å². The standard InChI is InChI=1S/C19H32O2/c1-17-9-4-3-6-13(17)7-8-14-15(17)12-16(20)18(2)10-5-11-19(14,18)21/h13-16,20-21H,3-12H2,1-2H3/t13-,14?,15?,16+,17?,18-,19-/m0/s1. The fourth-order valence-electron chi connectivity index (χ4n) is 7.23. The van der Waals surface area contributed by atoms with Crippen molar-refractivity contribution in [3.05, 3.63) is 0 Å². The van der Waals surface area contributed by atoms with E-state index >= 15 is 0 Å². The summed E-state index contributed by atoms with van der Waals surface area (Å²) < 4.78 is 0. The molecule has 0 heterocycles. The number of rotatable bonds is 0. The average molecular weight is 292 g/mol. The quantitative estimate of drug-likeness (QED) is 0.711. The van der Waals surface area contributed by atoms with Gasteiger partial charge in [-0.05, 0) is 74.5 Å². The summed E-state index contributed by atoms with van der Waals surface area (Å²) in [6.07, 6.45) is 11.6. The van der Waals surface area contributed by atoms with E-state index < -0.39 is 5.60 Å². The molecule has 4 rings (SSSR count). The fraction of sp³-hybridized carbons (Fsp3) is 1.00. The van der Waals surface area contributed by atoms with Gasteiger partial charge in [0.15, 0.2) is 0 Å². The zero-order valence-electron chi connectivity index (χ0n) is 13.8. The molecular formula is C19H32O2. The Kier molecular flexibility index (Phi) is 3.09. The molecule has 4 saturated carbocycles. The van der Waals surface area contributed by atoms with Crippen LogP contribution in [0, 0.1) is 28.6 Å². The van der Waals surface area contributed by atoms with Crippen LogP contribution in [0.5, 0.6) is 0 Å². The van der Waals surface area contributed by atoms with Crippen LogP contribution in [0.15, 0.2) is 0 Å². The summed E-state index contributed by atoms with van der Waals surface area (Å²) in [6, 6.07) is 0. The number of hydrogen-bond acceptors (Lipinski definition) is 2. The third-order valence-corrected chi connectivity index (χ3v) is 8.68. The van der Waals surface area contributed by atoms with Gasteiger partial charge in [0.25, 0.3) is 0 Å². The van der Waals surface area contributed by atoms with Crippen molar-refractivity contribution >= 4 is 0 Å². The number of aliphatic hydroxyl groups excluding tert-OH is 1. The van der Waals surface area contributed by atoms with Gasteiger partial charge < -0.3 is 10.2 Å². The molecule has 4 aliphatic rings. The van der Waals surface area contributed by atoms with Gasteiger partial charge in [-0.1, -0.05) is 26.7 Å². The number of hydrogen-bond donors (Lipinski definition) is 2. The molecule has 4 aliphatic carbocycles. The molecule has 0 saturated heterocycles. The van der Waals surface area contributed by atoms with Crippen molar-refractivity contribution < 1.29 is 10.2 Å². The minimum Gasteiger partial charge on any atom is -0.392 e. The molecule has 3 unspecified atom stereocenters. The average Bonchev–Trinajstić information content (AvgIpc) is 2.77. The van der Waals surface area contributed by atoms with Crippen LogP contribution in [0.2, 0.25) is 0 Å². The van der Waals surface area contributed by atoms with Crippen LogP contribution >= 0.6 is 0 Å². The van der Waals surface area contributed by atoms with E-state index in [2.05, 4.69) is 13.8 Å². The van der Waals surface area contributed by atoms with E-state index in [-0.39, 0.29) is 11.5 Å². The maximum absolute atomic E-state index is 11.6. The third kappa shape index (κ3) is 1.67. The molecule has 2 nitrogen and oxygen atoms in total. The van der Waals surface area contributed by atoms with Crippen molar-refractivity contribution in [3.63, 3.8) is 0 Å². The second-order valence-corrected chi connectivity index (χ2v) is 9.19. The van der Waals surface area contributed by atoms with Gasteiger partial charge in [0.1, 0.15) is 0 Å². The molecule has 0 radical (unpaired) electrons. The monoisotopic (exact) mass is 292 g/mol. The van der Waals surface area contributed by atoms with E-state index in [0.29, 0.717) is 17.3 Å². The van der Waals surface area contributed by atoms with Crippen LogP contribution < -0.4 is 0 Å². The molecule has 7 atom stereocenters. The zero-order valence-corrected chi connectivity index (χ0v) is 13.8. The van der Waals surface area contributed by atoms with Crippen molar-refractivity contribution in [3.8, 4) is 0 Å². The SMILES string of the molecule is CC12CCCC[C@H]1CCC1C2C[C@@H](O)[C@]2(C)CCC[C@]12O. The lowest BCUT2D eigenvalue weighted by Gasteiger charge is -2.63. The van der Waals surface area contributed by atoms with Crippen molar-refractivity contribution in [2.45, 2.75) is 89.8 Å². The Balaban J connectivity index is 1.74. The highest BCUT2D eigenvalue weighted by atomic mass is 16.3. The van der Waals surface area contributed by atoms with Gasteiger partial charge in [-0.2, -0.15) is 0 Å². The predicted molar refractivity (Wildman–Crippen MR) is 83.8 cm³/mol. The molecule has 0 aliphatic heterocycles. The maximum Gasteiger partial charge on any atom is 0.0756 e. The van der Waals surface area contributed by atoms with Crippen LogP contribution in [0.25, 0.3) is 0 Å². The molecule has 2 heteroatoms. The molecule has 0 amide bonds. The Morgan fingerprint density at radius 3 is 2.48 bits per heavy atom. The van der Waals surface area contributed by atoms with Crippen molar-refractivity contribution in [2.75, 3.05) is 0 Å². The third-order valence-electron chi connectivity index (χ3n) is 8.68. The highest BCUT2D eigenvalue weighted by Gasteiger charge is 2.67. The maximum atomic E-state index is 11.6. The topological polar surface area (TPSA) is 40.5 Å². The molecule has 0 aromatic carbocycles. The number of fused-ring (bicyclic) bond motifs is 5. The van der Waals surface area contributed by atoms with Gasteiger partial charge in [-0.15, -0.1) is 0 Å². The minimum absolute atomic E-state index is 0.244. The van der Waals surface area contributed by atoms with Crippen LogP contribution in [0.1, 0.15) is 78.1 Å². The molecular weight excluding hydrogens is 260 g/mol. The first-order chi connectivity index (χ1) is 9.92. The lowest BCUT2D eigenvalue weighted by atomic mass is 9.43. The lowest BCUT2D eigenvalue weighted by Crippen LogP contribution is -2.65. The first kappa shape index (κ1) is 14.5. The number of aliphatic hydroxyl groups is 2. The largest absolute Gasteiger partial charge is 0.392 e. The summed E-state index contributed by atoms with van der Waals surface area (Å²) >= 11 is 0. The second-order valence-electron chi connectivity index (χ2n) is 9.19. The normalized spacial score (nSPS) is 60.0.